The fourth-order valence-electron chi connectivity index (χ4n) is 2.80. The number of carbonyl (C=O) groups excluding carboxylic acids is 2. The predicted octanol–water partition coefficient (Wildman–Crippen LogP) is 5.81. The molecule has 2 aromatic carbocycles. The van der Waals surface area contributed by atoms with Crippen molar-refractivity contribution in [3.63, 3.8) is 0 Å². The van der Waals surface area contributed by atoms with Crippen LogP contribution in [0.4, 0.5) is 0 Å². The van der Waals surface area contributed by atoms with Crippen LogP contribution in [0.1, 0.15) is 39.7 Å². The lowest BCUT2D eigenvalue weighted by Crippen LogP contribution is -2.52. The van der Waals surface area contributed by atoms with Crippen molar-refractivity contribution in [1.82, 2.24) is 10.2 Å². The number of nitrogens with zero attached hydrogens (tertiary/aromatic N) is 1. The molecule has 2 aromatic rings. The SMILES string of the molecule is C[C@H](C(=O)NC(C)(C)C)N(Cc1ccccc1Cl)C(=O)CCSc1ccc(Cl)cc1. The molecule has 0 fully saturated rings. The van der Waals surface area contributed by atoms with Crippen LogP contribution in [-0.4, -0.2) is 34.0 Å². The third kappa shape index (κ3) is 7.86. The molecule has 0 aromatic heterocycles. The summed E-state index contributed by atoms with van der Waals surface area (Å²) in [7, 11) is 0. The Bertz CT molecular complexity index is 866. The van der Waals surface area contributed by atoms with E-state index in [1.807, 2.05) is 63.2 Å². The molecule has 7 heteroatoms. The van der Waals surface area contributed by atoms with Crippen LogP contribution in [0.3, 0.4) is 0 Å². The van der Waals surface area contributed by atoms with Gasteiger partial charge in [0.15, 0.2) is 0 Å². The summed E-state index contributed by atoms with van der Waals surface area (Å²) in [6, 6.07) is 14.3. The van der Waals surface area contributed by atoms with Crippen molar-refractivity contribution in [2.75, 3.05) is 5.75 Å². The number of thioether (sulfide) groups is 1. The van der Waals surface area contributed by atoms with Crippen molar-refractivity contribution >= 4 is 46.8 Å². The predicted molar refractivity (Wildman–Crippen MR) is 126 cm³/mol. The number of rotatable bonds is 8. The minimum absolute atomic E-state index is 0.0899. The van der Waals surface area contributed by atoms with Gasteiger partial charge in [-0.15, -0.1) is 11.8 Å². The molecule has 2 amide bonds. The molecule has 0 spiro atoms. The second-order valence-electron chi connectivity index (χ2n) is 8.08. The second-order valence-corrected chi connectivity index (χ2v) is 10.1. The fraction of sp³-hybridized carbons (Fsp3) is 0.391. The maximum Gasteiger partial charge on any atom is 0.242 e. The summed E-state index contributed by atoms with van der Waals surface area (Å²) in [5.74, 6) is 0.328. The van der Waals surface area contributed by atoms with Gasteiger partial charge in [0.2, 0.25) is 11.8 Å². The molecule has 0 bridgehead atoms. The molecule has 30 heavy (non-hydrogen) atoms. The van der Waals surface area contributed by atoms with E-state index in [9.17, 15) is 9.59 Å². The summed E-state index contributed by atoms with van der Waals surface area (Å²) in [6.45, 7) is 7.78. The molecule has 1 atom stereocenters. The molecule has 0 saturated carbocycles. The highest BCUT2D eigenvalue weighted by Gasteiger charge is 2.28. The Morgan fingerprint density at radius 3 is 2.30 bits per heavy atom. The molecular formula is C23H28Cl2N2O2S. The van der Waals surface area contributed by atoms with E-state index in [1.165, 1.54) is 0 Å². The van der Waals surface area contributed by atoms with Crippen LogP contribution in [0, 0.1) is 0 Å². The van der Waals surface area contributed by atoms with Crippen molar-refractivity contribution in [3.8, 4) is 0 Å². The molecule has 0 aliphatic heterocycles. The van der Waals surface area contributed by atoms with E-state index in [0.717, 1.165) is 10.5 Å². The van der Waals surface area contributed by atoms with Crippen LogP contribution >= 0.6 is 35.0 Å². The summed E-state index contributed by atoms with van der Waals surface area (Å²) in [6.07, 6.45) is 0.310. The molecule has 2 rings (SSSR count). The van der Waals surface area contributed by atoms with Crippen LogP contribution in [0.2, 0.25) is 10.0 Å². The normalized spacial score (nSPS) is 12.3. The van der Waals surface area contributed by atoms with E-state index in [4.69, 9.17) is 23.2 Å². The quantitative estimate of drug-likeness (QED) is 0.499. The Kier molecular flexibility index (Phi) is 9.08. The van der Waals surface area contributed by atoms with E-state index in [-0.39, 0.29) is 23.9 Å². The van der Waals surface area contributed by atoms with Gasteiger partial charge in [0.25, 0.3) is 0 Å². The van der Waals surface area contributed by atoms with Crippen molar-refractivity contribution in [2.45, 2.75) is 57.1 Å². The van der Waals surface area contributed by atoms with Gasteiger partial charge >= 0.3 is 0 Å². The molecule has 0 aliphatic rings. The average molecular weight is 467 g/mol. The van der Waals surface area contributed by atoms with Gasteiger partial charge in [-0.05, 0) is 63.6 Å². The molecule has 0 aliphatic carbocycles. The van der Waals surface area contributed by atoms with Crippen molar-refractivity contribution in [3.05, 3.63) is 64.1 Å². The smallest absolute Gasteiger partial charge is 0.242 e. The molecular weight excluding hydrogens is 439 g/mol. The van der Waals surface area contributed by atoms with Gasteiger partial charge in [0.05, 0.1) is 0 Å². The van der Waals surface area contributed by atoms with Gasteiger partial charge in [-0.25, -0.2) is 0 Å². The van der Waals surface area contributed by atoms with Crippen molar-refractivity contribution in [1.29, 1.82) is 0 Å². The molecule has 0 saturated heterocycles. The molecule has 0 unspecified atom stereocenters. The van der Waals surface area contributed by atoms with E-state index < -0.39 is 6.04 Å². The Labute approximate surface area is 193 Å². The van der Waals surface area contributed by atoms with E-state index in [1.54, 1.807) is 29.7 Å². The zero-order chi connectivity index (χ0) is 22.3. The number of hydrogen-bond donors (Lipinski definition) is 1. The Balaban J connectivity index is 2.10. The lowest BCUT2D eigenvalue weighted by atomic mass is 10.1. The zero-order valence-electron chi connectivity index (χ0n) is 17.7. The van der Waals surface area contributed by atoms with Crippen molar-refractivity contribution in [2.24, 2.45) is 0 Å². The summed E-state index contributed by atoms with van der Waals surface area (Å²) >= 11 is 13.8. The largest absolute Gasteiger partial charge is 0.350 e. The molecule has 4 nitrogen and oxygen atoms in total. The minimum Gasteiger partial charge on any atom is -0.350 e. The van der Waals surface area contributed by atoms with E-state index in [2.05, 4.69) is 5.32 Å². The lowest BCUT2D eigenvalue weighted by Gasteiger charge is -2.31. The summed E-state index contributed by atoms with van der Waals surface area (Å²) in [5.41, 5.74) is 0.433. The zero-order valence-corrected chi connectivity index (χ0v) is 20.1. The monoisotopic (exact) mass is 466 g/mol. The second kappa shape index (κ2) is 11.1. The molecule has 1 N–H and O–H groups in total. The number of nitrogens with one attached hydrogen (secondary N) is 1. The number of carbonyl (C=O) groups is 2. The van der Waals surface area contributed by atoms with Crippen molar-refractivity contribution < 1.29 is 9.59 Å². The van der Waals surface area contributed by atoms with Crippen LogP contribution in [0.5, 0.6) is 0 Å². The number of amides is 2. The minimum atomic E-state index is -0.617. The highest BCUT2D eigenvalue weighted by atomic mass is 35.5. The summed E-state index contributed by atoms with van der Waals surface area (Å²) in [5, 5.41) is 4.22. The molecule has 0 radical (unpaired) electrons. The number of benzene rings is 2. The van der Waals surface area contributed by atoms with Gasteiger partial charge in [0, 0.05) is 39.2 Å². The van der Waals surface area contributed by atoms with Gasteiger partial charge in [-0.3, -0.25) is 9.59 Å². The maximum atomic E-state index is 13.1. The topological polar surface area (TPSA) is 49.4 Å². The third-order valence-electron chi connectivity index (χ3n) is 4.36. The van der Waals surface area contributed by atoms with E-state index >= 15 is 0 Å². The highest BCUT2D eigenvalue weighted by molar-refractivity contribution is 7.99. The average Bonchev–Trinajstić information content (AvgIpc) is 2.67. The van der Waals surface area contributed by atoms with Gasteiger partial charge in [-0.1, -0.05) is 41.4 Å². The third-order valence-corrected chi connectivity index (χ3v) is 6.00. The Morgan fingerprint density at radius 1 is 1.07 bits per heavy atom. The number of halogens is 2. The van der Waals surface area contributed by atoms with Crippen LogP contribution < -0.4 is 5.32 Å². The maximum absolute atomic E-state index is 13.1. The highest BCUT2D eigenvalue weighted by Crippen LogP contribution is 2.23. The Morgan fingerprint density at radius 2 is 1.70 bits per heavy atom. The first-order valence-electron chi connectivity index (χ1n) is 9.80. The standard InChI is InChI=1S/C23H28Cl2N2O2S/c1-16(22(29)26-23(2,3)4)27(15-17-7-5-6-8-20(17)25)21(28)13-14-30-19-11-9-18(24)10-12-19/h5-12,16H,13-15H2,1-4H3,(H,26,29)/t16-/m1/s1. The number of hydrogen-bond acceptors (Lipinski definition) is 3. The van der Waals surface area contributed by atoms with Gasteiger partial charge in [0.1, 0.15) is 6.04 Å². The first kappa shape index (κ1) is 24.6. The van der Waals surface area contributed by atoms with Gasteiger partial charge < -0.3 is 10.2 Å². The van der Waals surface area contributed by atoms with Crippen LogP contribution in [0.25, 0.3) is 0 Å². The molecule has 0 heterocycles. The first-order valence-corrected chi connectivity index (χ1v) is 11.5. The fourth-order valence-corrected chi connectivity index (χ4v) is 3.96. The van der Waals surface area contributed by atoms with Gasteiger partial charge in [-0.2, -0.15) is 0 Å². The molecule has 162 valence electrons. The summed E-state index contributed by atoms with van der Waals surface area (Å²) < 4.78 is 0. The lowest BCUT2D eigenvalue weighted by molar-refractivity contribution is -0.140. The summed E-state index contributed by atoms with van der Waals surface area (Å²) in [4.78, 5) is 28.5. The Hall–Kier alpha value is -1.69. The van der Waals surface area contributed by atoms with E-state index in [0.29, 0.717) is 22.2 Å². The van der Waals surface area contributed by atoms with Crippen LogP contribution in [0.15, 0.2) is 53.4 Å². The first-order chi connectivity index (χ1) is 14.1. The van der Waals surface area contributed by atoms with Crippen LogP contribution in [-0.2, 0) is 16.1 Å².